The predicted octanol–water partition coefficient (Wildman–Crippen LogP) is 7.30. The molecule has 4 rings (SSSR count). The van der Waals surface area contributed by atoms with E-state index in [1.54, 1.807) is 6.21 Å². The number of rotatable bonds is 11. The van der Waals surface area contributed by atoms with Crippen molar-refractivity contribution in [2.24, 2.45) is 5.10 Å². The summed E-state index contributed by atoms with van der Waals surface area (Å²) in [5.41, 5.74) is 7.57. The van der Waals surface area contributed by atoms with Gasteiger partial charge in [-0.05, 0) is 84.6 Å². The van der Waals surface area contributed by atoms with Gasteiger partial charge in [-0.25, -0.2) is 5.43 Å². The molecule has 4 aromatic rings. The molecule has 0 fully saturated rings. The van der Waals surface area contributed by atoms with E-state index in [2.05, 4.69) is 15.8 Å². The van der Waals surface area contributed by atoms with Gasteiger partial charge < -0.3 is 15.2 Å². The number of hydrogen-bond donors (Lipinski definition) is 3. The van der Waals surface area contributed by atoms with E-state index in [0.717, 1.165) is 46.5 Å². The third-order valence-electron chi connectivity index (χ3n) is 6.07. The Kier molecular flexibility index (Phi) is 10.4. The van der Waals surface area contributed by atoms with Crippen LogP contribution in [-0.2, 0) is 6.42 Å². The van der Waals surface area contributed by atoms with E-state index in [4.69, 9.17) is 39.5 Å². The van der Waals surface area contributed by atoms with Crippen LogP contribution in [0.2, 0.25) is 15.1 Å². The number of nitrogens with one attached hydrogen (secondary N) is 2. The van der Waals surface area contributed by atoms with E-state index in [0.29, 0.717) is 23.2 Å². The minimum absolute atomic E-state index is 0.0907. The van der Waals surface area contributed by atoms with Crippen molar-refractivity contribution in [3.05, 3.63) is 116 Å². The van der Waals surface area contributed by atoms with Gasteiger partial charge in [0.25, 0.3) is 5.91 Å². The Morgan fingerprint density at radius 1 is 0.925 bits per heavy atom. The molecule has 0 atom stereocenters. The molecule has 4 aromatic carbocycles. The molecular formula is C31H28Cl3N3O3. The molecule has 0 aliphatic heterocycles. The SMILES string of the molecule is Cc1cc(/C=N/NC(=O)c2ccc(O)c(Cl)c2)cc(-c2ccccc2)c1OCCNCCc1ccc(Cl)c(Cl)c1. The summed E-state index contributed by atoms with van der Waals surface area (Å²) in [5.74, 6) is 0.259. The molecule has 0 spiro atoms. The maximum atomic E-state index is 12.4. The summed E-state index contributed by atoms with van der Waals surface area (Å²) in [6.45, 7) is 3.92. The standard InChI is InChI=1S/C31H28Cl3N3O3/c1-20-15-22(19-36-37-31(39)24-8-10-29(38)28(34)18-24)16-25(23-5-3-2-4-6-23)30(20)40-14-13-35-12-11-21-7-9-26(32)27(33)17-21/h2-10,15-19,35,38H,11-14H2,1H3,(H,37,39)/b36-19+. The lowest BCUT2D eigenvalue weighted by Crippen LogP contribution is -2.23. The Balaban J connectivity index is 1.39. The number of hydrogen-bond acceptors (Lipinski definition) is 5. The second kappa shape index (κ2) is 14.2. The third kappa shape index (κ3) is 7.99. The summed E-state index contributed by atoms with van der Waals surface area (Å²) in [7, 11) is 0. The zero-order valence-corrected chi connectivity index (χ0v) is 24.0. The Hall–Kier alpha value is -3.55. The molecule has 0 heterocycles. The van der Waals surface area contributed by atoms with E-state index < -0.39 is 5.91 Å². The molecule has 0 saturated carbocycles. The molecule has 0 radical (unpaired) electrons. The smallest absolute Gasteiger partial charge is 0.271 e. The number of phenols is 1. The fourth-order valence-electron chi connectivity index (χ4n) is 4.06. The van der Waals surface area contributed by atoms with Crippen LogP contribution in [0.5, 0.6) is 11.5 Å². The van der Waals surface area contributed by atoms with E-state index in [9.17, 15) is 9.90 Å². The first-order valence-electron chi connectivity index (χ1n) is 12.6. The minimum Gasteiger partial charge on any atom is -0.506 e. The van der Waals surface area contributed by atoms with Crippen molar-refractivity contribution in [1.82, 2.24) is 10.7 Å². The quantitative estimate of drug-likeness (QED) is 0.0964. The van der Waals surface area contributed by atoms with Gasteiger partial charge in [0.05, 0.1) is 21.3 Å². The highest BCUT2D eigenvalue weighted by Crippen LogP contribution is 2.34. The number of ether oxygens (including phenoxy) is 1. The molecule has 3 N–H and O–H groups in total. The van der Waals surface area contributed by atoms with Gasteiger partial charge in [-0.2, -0.15) is 5.10 Å². The Bertz CT molecular complexity index is 1510. The molecule has 9 heteroatoms. The Labute approximate surface area is 248 Å². The molecular weight excluding hydrogens is 569 g/mol. The van der Waals surface area contributed by atoms with Gasteiger partial charge in [0.2, 0.25) is 0 Å². The maximum absolute atomic E-state index is 12.4. The van der Waals surface area contributed by atoms with Gasteiger partial charge in [0.1, 0.15) is 18.1 Å². The molecule has 0 unspecified atom stereocenters. The summed E-state index contributed by atoms with van der Waals surface area (Å²) in [6.07, 6.45) is 2.41. The zero-order valence-electron chi connectivity index (χ0n) is 21.8. The lowest BCUT2D eigenvalue weighted by molar-refractivity contribution is 0.0955. The number of benzene rings is 4. The van der Waals surface area contributed by atoms with Crippen molar-refractivity contribution in [3.63, 3.8) is 0 Å². The van der Waals surface area contributed by atoms with Gasteiger partial charge in [0, 0.05) is 17.7 Å². The lowest BCUT2D eigenvalue weighted by atomic mass is 9.99. The zero-order chi connectivity index (χ0) is 28.5. The first-order valence-corrected chi connectivity index (χ1v) is 13.7. The molecule has 0 aromatic heterocycles. The fourth-order valence-corrected chi connectivity index (χ4v) is 4.56. The van der Waals surface area contributed by atoms with Crippen LogP contribution in [0, 0.1) is 6.92 Å². The van der Waals surface area contributed by atoms with E-state index >= 15 is 0 Å². The summed E-state index contributed by atoms with van der Waals surface area (Å²) in [6, 6.07) is 23.8. The topological polar surface area (TPSA) is 83.0 Å². The molecule has 0 bridgehead atoms. The van der Waals surface area contributed by atoms with Gasteiger partial charge >= 0.3 is 0 Å². The molecule has 0 aliphatic carbocycles. The highest BCUT2D eigenvalue weighted by atomic mass is 35.5. The highest BCUT2D eigenvalue weighted by Gasteiger charge is 2.12. The van der Waals surface area contributed by atoms with Crippen LogP contribution in [0.15, 0.2) is 84.0 Å². The minimum atomic E-state index is -0.440. The number of nitrogens with zero attached hydrogens (tertiary/aromatic N) is 1. The molecule has 1 amide bonds. The molecule has 0 aliphatic rings. The van der Waals surface area contributed by atoms with E-state index in [1.165, 1.54) is 18.2 Å². The van der Waals surface area contributed by atoms with Gasteiger partial charge in [-0.3, -0.25) is 4.79 Å². The number of halogens is 3. The van der Waals surface area contributed by atoms with Crippen LogP contribution in [0.25, 0.3) is 11.1 Å². The van der Waals surface area contributed by atoms with Crippen molar-refractivity contribution in [2.75, 3.05) is 19.7 Å². The number of phenolic OH excluding ortho intramolecular Hbond substituents is 1. The summed E-state index contributed by atoms with van der Waals surface area (Å²) in [5, 5.41) is 18.3. The first kappa shape index (κ1) is 29.4. The monoisotopic (exact) mass is 595 g/mol. The summed E-state index contributed by atoms with van der Waals surface area (Å²) in [4.78, 5) is 12.4. The van der Waals surface area contributed by atoms with Crippen LogP contribution in [0.3, 0.4) is 0 Å². The second-order valence-electron chi connectivity index (χ2n) is 9.04. The third-order valence-corrected chi connectivity index (χ3v) is 7.11. The van der Waals surface area contributed by atoms with Crippen LogP contribution in [-0.4, -0.2) is 36.9 Å². The average Bonchev–Trinajstić information content (AvgIpc) is 2.95. The molecule has 0 saturated heterocycles. The first-order chi connectivity index (χ1) is 19.3. The van der Waals surface area contributed by atoms with Crippen LogP contribution in [0.1, 0.15) is 27.0 Å². The second-order valence-corrected chi connectivity index (χ2v) is 10.3. The Morgan fingerprint density at radius 2 is 1.73 bits per heavy atom. The average molecular weight is 597 g/mol. The van der Waals surface area contributed by atoms with Crippen molar-refractivity contribution < 1.29 is 14.6 Å². The van der Waals surface area contributed by atoms with E-state index in [1.807, 2.05) is 67.6 Å². The largest absolute Gasteiger partial charge is 0.506 e. The number of amides is 1. The predicted molar refractivity (Wildman–Crippen MR) is 163 cm³/mol. The van der Waals surface area contributed by atoms with Crippen molar-refractivity contribution in [1.29, 1.82) is 0 Å². The van der Waals surface area contributed by atoms with Crippen LogP contribution < -0.4 is 15.5 Å². The number of carbonyl (C=O) groups excluding carboxylic acids is 1. The molecule has 6 nitrogen and oxygen atoms in total. The molecule has 40 heavy (non-hydrogen) atoms. The van der Waals surface area contributed by atoms with Gasteiger partial charge in [0.15, 0.2) is 0 Å². The number of carbonyl (C=O) groups is 1. The highest BCUT2D eigenvalue weighted by molar-refractivity contribution is 6.42. The Morgan fingerprint density at radius 3 is 2.48 bits per heavy atom. The van der Waals surface area contributed by atoms with Crippen molar-refractivity contribution in [2.45, 2.75) is 13.3 Å². The van der Waals surface area contributed by atoms with E-state index in [-0.39, 0.29) is 16.3 Å². The maximum Gasteiger partial charge on any atom is 0.271 e. The number of aryl methyl sites for hydroxylation is 1. The van der Waals surface area contributed by atoms with Gasteiger partial charge in [-0.15, -0.1) is 0 Å². The number of hydrazone groups is 1. The summed E-state index contributed by atoms with van der Waals surface area (Å²) < 4.78 is 6.24. The molecule has 206 valence electrons. The normalized spacial score (nSPS) is 11.1. The van der Waals surface area contributed by atoms with Crippen molar-refractivity contribution >= 4 is 46.9 Å². The number of aromatic hydroxyl groups is 1. The van der Waals surface area contributed by atoms with Crippen molar-refractivity contribution in [3.8, 4) is 22.6 Å². The lowest BCUT2D eigenvalue weighted by Gasteiger charge is -2.16. The fraction of sp³-hybridized carbons (Fsp3) is 0.161. The summed E-state index contributed by atoms with van der Waals surface area (Å²) >= 11 is 18.0. The van der Waals surface area contributed by atoms with Crippen LogP contribution >= 0.6 is 34.8 Å². The van der Waals surface area contributed by atoms with Gasteiger partial charge in [-0.1, -0.05) is 71.2 Å². The van der Waals surface area contributed by atoms with Crippen LogP contribution in [0.4, 0.5) is 0 Å².